The molecular formula is C15H22N2O4S. The Morgan fingerprint density at radius 1 is 1.41 bits per heavy atom. The van der Waals surface area contributed by atoms with Gasteiger partial charge in [-0.1, -0.05) is 12.5 Å². The number of rotatable bonds is 4. The lowest BCUT2D eigenvalue weighted by Gasteiger charge is -2.34. The van der Waals surface area contributed by atoms with Gasteiger partial charge in [0.1, 0.15) is 0 Å². The summed E-state index contributed by atoms with van der Waals surface area (Å²) in [5.74, 6) is -0.538. The average Bonchev–Trinajstić information content (AvgIpc) is 2.54. The largest absolute Gasteiger partial charge is 0.465 e. The highest BCUT2D eigenvalue weighted by Gasteiger charge is 2.33. The minimum absolute atomic E-state index is 0.110. The number of hydrogen-bond donors (Lipinski definition) is 1. The van der Waals surface area contributed by atoms with Crippen molar-refractivity contribution >= 4 is 16.0 Å². The first-order chi connectivity index (χ1) is 10.4. The summed E-state index contributed by atoms with van der Waals surface area (Å²) in [6.45, 7) is 2.51. The van der Waals surface area contributed by atoms with Crippen LogP contribution in [0.3, 0.4) is 0 Å². The van der Waals surface area contributed by atoms with Gasteiger partial charge in [0.15, 0.2) is 0 Å². The second-order valence-corrected chi connectivity index (χ2v) is 7.36. The van der Waals surface area contributed by atoms with E-state index in [1.54, 1.807) is 13.0 Å². The number of nitrogens with zero attached hydrogens (tertiary/aromatic N) is 1. The monoisotopic (exact) mass is 326 g/mol. The molecular weight excluding hydrogens is 304 g/mol. The van der Waals surface area contributed by atoms with Gasteiger partial charge >= 0.3 is 5.97 Å². The Balaban J connectivity index is 2.43. The zero-order chi connectivity index (χ0) is 16.3. The molecule has 0 spiro atoms. The fourth-order valence-electron chi connectivity index (χ4n) is 2.75. The van der Waals surface area contributed by atoms with Gasteiger partial charge < -0.3 is 10.5 Å². The second kappa shape index (κ2) is 6.76. The number of ether oxygens (including phenoxy) is 1. The number of sulfonamides is 1. The van der Waals surface area contributed by atoms with Gasteiger partial charge in [0.05, 0.1) is 17.6 Å². The number of methoxy groups -OCH3 is 1. The Kier molecular flexibility index (Phi) is 5.20. The van der Waals surface area contributed by atoms with Gasteiger partial charge in [-0.25, -0.2) is 13.2 Å². The van der Waals surface area contributed by atoms with E-state index >= 15 is 0 Å². The molecule has 22 heavy (non-hydrogen) atoms. The van der Waals surface area contributed by atoms with Crippen molar-refractivity contribution in [1.29, 1.82) is 0 Å². The molecule has 2 N–H and O–H groups in total. The predicted molar refractivity (Wildman–Crippen MR) is 83.1 cm³/mol. The summed E-state index contributed by atoms with van der Waals surface area (Å²) in [5.41, 5.74) is 6.66. The zero-order valence-electron chi connectivity index (χ0n) is 12.9. The van der Waals surface area contributed by atoms with Crippen LogP contribution in [0.4, 0.5) is 0 Å². The van der Waals surface area contributed by atoms with Gasteiger partial charge in [-0.05, 0) is 37.5 Å². The quantitative estimate of drug-likeness (QED) is 0.842. The van der Waals surface area contributed by atoms with E-state index in [-0.39, 0.29) is 16.5 Å². The molecule has 1 fully saturated rings. The Morgan fingerprint density at radius 3 is 2.77 bits per heavy atom. The van der Waals surface area contributed by atoms with Crippen molar-refractivity contribution < 1.29 is 17.9 Å². The van der Waals surface area contributed by atoms with Crippen LogP contribution in [0, 0.1) is 6.92 Å². The van der Waals surface area contributed by atoms with Crippen molar-refractivity contribution in [2.45, 2.75) is 37.1 Å². The fraction of sp³-hybridized carbons (Fsp3) is 0.533. The third kappa shape index (κ3) is 3.16. The van der Waals surface area contributed by atoms with Crippen molar-refractivity contribution in [2.75, 3.05) is 20.2 Å². The molecule has 1 atom stereocenters. The standard InChI is InChI=1S/C15H22N2O4S/c1-11-6-7-13(9-14(11)15(18)21-2)22(19,20)17-8-4-3-5-12(17)10-16/h6-7,9,12H,3-5,8,10,16H2,1-2H3. The molecule has 1 aliphatic heterocycles. The summed E-state index contributed by atoms with van der Waals surface area (Å²) < 4.78 is 31.9. The molecule has 0 aromatic heterocycles. The van der Waals surface area contributed by atoms with E-state index in [1.165, 1.54) is 23.5 Å². The van der Waals surface area contributed by atoms with Crippen LogP contribution in [-0.2, 0) is 14.8 Å². The first-order valence-corrected chi connectivity index (χ1v) is 8.76. The summed E-state index contributed by atoms with van der Waals surface area (Å²) in [4.78, 5) is 11.9. The highest BCUT2D eigenvalue weighted by Crippen LogP contribution is 2.26. The van der Waals surface area contributed by atoms with Crippen LogP contribution >= 0.6 is 0 Å². The summed E-state index contributed by atoms with van der Waals surface area (Å²) in [6.07, 6.45) is 2.58. The third-order valence-electron chi connectivity index (χ3n) is 4.07. The minimum Gasteiger partial charge on any atom is -0.465 e. The maximum atomic E-state index is 12.8. The number of piperidine rings is 1. The van der Waals surface area contributed by atoms with Crippen LogP contribution in [0.25, 0.3) is 0 Å². The SMILES string of the molecule is COC(=O)c1cc(S(=O)(=O)N2CCCCC2CN)ccc1C. The maximum Gasteiger partial charge on any atom is 0.338 e. The summed E-state index contributed by atoms with van der Waals surface area (Å²) >= 11 is 0. The molecule has 0 bridgehead atoms. The number of esters is 1. The maximum absolute atomic E-state index is 12.8. The highest BCUT2D eigenvalue weighted by molar-refractivity contribution is 7.89. The fourth-order valence-corrected chi connectivity index (χ4v) is 4.48. The summed E-state index contributed by atoms with van der Waals surface area (Å²) in [7, 11) is -2.38. The molecule has 0 saturated carbocycles. The Hall–Kier alpha value is -1.44. The topological polar surface area (TPSA) is 89.7 Å². The summed E-state index contributed by atoms with van der Waals surface area (Å²) in [5, 5.41) is 0. The van der Waals surface area contributed by atoms with Crippen molar-refractivity contribution in [3.05, 3.63) is 29.3 Å². The van der Waals surface area contributed by atoms with E-state index in [0.717, 1.165) is 19.3 Å². The Morgan fingerprint density at radius 2 is 2.14 bits per heavy atom. The van der Waals surface area contributed by atoms with E-state index in [0.29, 0.717) is 18.7 Å². The van der Waals surface area contributed by atoms with Gasteiger partial charge in [0.2, 0.25) is 10.0 Å². The van der Waals surface area contributed by atoms with Crippen LogP contribution < -0.4 is 5.73 Å². The van der Waals surface area contributed by atoms with Crippen molar-refractivity contribution in [3.8, 4) is 0 Å². The van der Waals surface area contributed by atoms with E-state index in [9.17, 15) is 13.2 Å². The van der Waals surface area contributed by atoms with Crippen LogP contribution in [0.5, 0.6) is 0 Å². The van der Waals surface area contributed by atoms with E-state index < -0.39 is 16.0 Å². The molecule has 1 heterocycles. The molecule has 7 heteroatoms. The number of carbonyl (C=O) groups excluding carboxylic acids is 1. The lowest BCUT2D eigenvalue weighted by molar-refractivity contribution is 0.0599. The second-order valence-electron chi connectivity index (χ2n) is 5.47. The van der Waals surface area contributed by atoms with E-state index in [1.807, 2.05) is 0 Å². The lowest BCUT2D eigenvalue weighted by atomic mass is 10.1. The molecule has 1 unspecified atom stereocenters. The van der Waals surface area contributed by atoms with Crippen LogP contribution in [0.2, 0.25) is 0 Å². The van der Waals surface area contributed by atoms with E-state index in [4.69, 9.17) is 10.5 Å². The van der Waals surface area contributed by atoms with Gasteiger partial charge in [0.25, 0.3) is 0 Å². The predicted octanol–water partition coefficient (Wildman–Crippen LogP) is 1.28. The molecule has 0 amide bonds. The van der Waals surface area contributed by atoms with Gasteiger partial charge in [-0.15, -0.1) is 0 Å². The lowest BCUT2D eigenvalue weighted by Crippen LogP contribution is -2.47. The average molecular weight is 326 g/mol. The van der Waals surface area contributed by atoms with Gasteiger partial charge in [0, 0.05) is 19.1 Å². The zero-order valence-corrected chi connectivity index (χ0v) is 13.7. The normalized spacial score (nSPS) is 19.9. The molecule has 0 aliphatic carbocycles. The van der Waals surface area contributed by atoms with Crippen molar-refractivity contribution in [1.82, 2.24) is 4.31 Å². The smallest absolute Gasteiger partial charge is 0.338 e. The Bertz CT molecular complexity index is 658. The van der Waals surface area contributed by atoms with Gasteiger partial charge in [-0.3, -0.25) is 0 Å². The van der Waals surface area contributed by atoms with E-state index in [2.05, 4.69) is 0 Å². The van der Waals surface area contributed by atoms with Crippen molar-refractivity contribution in [2.24, 2.45) is 5.73 Å². The molecule has 1 aromatic carbocycles. The van der Waals surface area contributed by atoms with Crippen LogP contribution in [0.1, 0.15) is 35.2 Å². The molecule has 122 valence electrons. The Labute approximate surface area is 131 Å². The van der Waals surface area contributed by atoms with Crippen LogP contribution in [-0.4, -0.2) is 44.9 Å². The molecule has 1 aromatic rings. The number of aryl methyl sites for hydroxylation is 1. The summed E-state index contributed by atoms with van der Waals surface area (Å²) in [6, 6.07) is 4.36. The number of nitrogens with two attached hydrogens (primary N) is 1. The first kappa shape index (κ1) is 16.9. The minimum atomic E-state index is -3.66. The molecule has 1 saturated heterocycles. The molecule has 0 radical (unpaired) electrons. The first-order valence-electron chi connectivity index (χ1n) is 7.32. The molecule has 2 rings (SSSR count). The van der Waals surface area contributed by atoms with Crippen molar-refractivity contribution in [3.63, 3.8) is 0 Å². The molecule has 1 aliphatic rings. The number of hydrogen-bond acceptors (Lipinski definition) is 5. The number of carbonyl (C=O) groups is 1. The molecule has 6 nitrogen and oxygen atoms in total. The highest BCUT2D eigenvalue weighted by atomic mass is 32.2. The third-order valence-corrected chi connectivity index (χ3v) is 6.01. The van der Waals surface area contributed by atoms with Crippen LogP contribution in [0.15, 0.2) is 23.1 Å². The van der Waals surface area contributed by atoms with Gasteiger partial charge in [-0.2, -0.15) is 4.31 Å². The number of benzene rings is 1.